The van der Waals surface area contributed by atoms with Crippen LogP contribution in [0.5, 0.6) is 0 Å². The first-order chi connectivity index (χ1) is 34.5. The van der Waals surface area contributed by atoms with Crippen LogP contribution in [-0.4, -0.2) is 37.2 Å². The van der Waals surface area contributed by atoms with Crippen molar-refractivity contribution in [2.45, 2.75) is 252 Å². The van der Waals surface area contributed by atoms with Crippen molar-refractivity contribution < 1.29 is 28.6 Å². The van der Waals surface area contributed by atoms with Gasteiger partial charge in [0.1, 0.15) is 13.2 Å². The zero-order chi connectivity index (χ0) is 50.7. The second kappa shape index (κ2) is 57.4. The molecular weight excluding hydrogens is 865 g/mol. The monoisotopic (exact) mass is 969 g/mol. The normalized spacial score (nSPS) is 13.0. The summed E-state index contributed by atoms with van der Waals surface area (Å²) in [6, 6.07) is 0. The molecule has 0 saturated carbocycles. The van der Waals surface area contributed by atoms with Crippen LogP contribution < -0.4 is 0 Å². The fourth-order valence-electron chi connectivity index (χ4n) is 7.37. The summed E-state index contributed by atoms with van der Waals surface area (Å²) < 4.78 is 16.8. The lowest BCUT2D eigenvalue weighted by Crippen LogP contribution is -2.30. The first kappa shape index (κ1) is 65.8. The zero-order valence-corrected chi connectivity index (χ0v) is 45.2. The molecule has 0 aliphatic carbocycles. The molecular formula is C64H104O6. The fraction of sp³-hybridized carbons (Fsp3) is 0.641. The molecule has 0 amide bonds. The van der Waals surface area contributed by atoms with Crippen LogP contribution in [0.4, 0.5) is 0 Å². The van der Waals surface area contributed by atoms with Crippen LogP contribution in [0, 0.1) is 0 Å². The third-order valence-electron chi connectivity index (χ3n) is 11.7. The number of hydrogen-bond donors (Lipinski definition) is 0. The van der Waals surface area contributed by atoms with E-state index in [4.69, 9.17) is 14.2 Å². The SMILES string of the molecule is CC/C=C\C/C=C\C/C=C\C/C=C\C/C=C\C/C=C\CCCCCCC(=O)OCC(COC(=O)CCCCCCC/C=C\C/C=C\CCCC)OC(=O)CCCCCCC/C=C\C/C=C\CCCCC. The summed E-state index contributed by atoms with van der Waals surface area (Å²) >= 11 is 0. The minimum Gasteiger partial charge on any atom is -0.462 e. The molecule has 0 aromatic rings. The van der Waals surface area contributed by atoms with Gasteiger partial charge >= 0.3 is 17.9 Å². The Hall–Kier alpha value is -4.19. The molecule has 0 aromatic heterocycles. The first-order valence-corrected chi connectivity index (χ1v) is 28.5. The van der Waals surface area contributed by atoms with Crippen molar-refractivity contribution in [3.8, 4) is 0 Å². The minimum atomic E-state index is -0.806. The van der Waals surface area contributed by atoms with Crippen molar-refractivity contribution in [3.05, 3.63) is 122 Å². The summed E-state index contributed by atoms with van der Waals surface area (Å²) in [5, 5.41) is 0. The Bertz CT molecular complexity index is 1490. The molecule has 0 N–H and O–H groups in total. The molecule has 0 radical (unpaired) electrons. The summed E-state index contributed by atoms with van der Waals surface area (Å²) in [5.41, 5.74) is 0. The third kappa shape index (κ3) is 54.7. The highest BCUT2D eigenvalue weighted by molar-refractivity contribution is 5.71. The van der Waals surface area contributed by atoms with Gasteiger partial charge in [0.25, 0.3) is 0 Å². The van der Waals surface area contributed by atoms with Crippen LogP contribution in [0.15, 0.2) is 122 Å². The van der Waals surface area contributed by atoms with Gasteiger partial charge in [-0.1, -0.05) is 219 Å². The molecule has 1 unspecified atom stereocenters. The molecule has 0 saturated heterocycles. The summed E-state index contributed by atoms with van der Waals surface area (Å²) in [4.78, 5) is 38.1. The van der Waals surface area contributed by atoms with Gasteiger partial charge in [0, 0.05) is 19.3 Å². The molecule has 6 nitrogen and oxygen atoms in total. The molecule has 0 spiro atoms. The maximum atomic E-state index is 12.8. The lowest BCUT2D eigenvalue weighted by molar-refractivity contribution is -0.167. The number of unbranched alkanes of at least 4 members (excludes halogenated alkanes) is 19. The summed E-state index contributed by atoms with van der Waals surface area (Å²) in [6.45, 7) is 6.41. The molecule has 0 rings (SSSR count). The Morgan fingerprint density at radius 3 is 0.914 bits per heavy atom. The molecule has 0 bridgehead atoms. The lowest BCUT2D eigenvalue weighted by Gasteiger charge is -2.18. The highest BCUT2D eigenvalue weighted by Crippen LogP contribution is 2.13. The van der Waals surface area contributed by atoms with E-state index < -0.39 is 6.10 Å². The highest BCUT2D eigenvalue weighted by Gasteiger charge is 2.19. The number of esters is 3. The van der Waals surface area contributed by atoms with E-state index in [-0.39, 0.29) is 31.1 Å². The maximum Gasteiger partial charge on any atom is 0.306 e. The van der Waals surface area contributed by atoms with Crippen molar-refractivity contribution in [2.75, 3.05) is 13.2 Å². The van der Waals surface area contributed by atoms with E-state index in [9.17, 15) is 14.4 Å². The summed E-state index contributed by atoms with van der Waals surface area (Å²) in [5.74, 6) is -0.958. The molecule has 0 aromatic carbocycles. The van der Waals surface area contributed by atoms with Gasteiger partial charge in [-0.15, -0.1) is 0 Å². The Balaban J connectivity index is 4.47. The van der Waals surface area contributed by atoms with E-state index in [0.717, 1.165) is 161 Å². The van der Waals surface area contributed by atoms with Gasteiger partial charge in [-0.3, -0.25) is 14.4 Å². The van der Waals surface area contributed by atoms with Crippen LogP contribution >= 0.6 is 0 Å². The van der Waals surface area contributed by atoms with E-state index in [2.05, 4.69) is 142 Å². The molecule has 396 valence electrons. The van der Waals surface area contributed by atoms with Crippen LogP contribution in [-0.2, 0) is 28.6 Å². The number of carbonyl (C=O) groups excluding carboxylic acids is 3. The van der Waals surface area contributed by atoms with E-state index in [0.29, 0.717) is 19.3 Å². The third-order valence-corrected chi connectivity index (χ3v) is 11.7. The second-order valence-electron chi connectivity index (χ2n) is 18.5. The number of allylic oxidation sites excluding steroid dienone is 20. The Morgan fingerprint density at radius 2 is 0.571 bits per heavy atom. The van der Waals surface area contributed by atoms with Gasteiger partial charge < -0.3 is 14.2 Å². The number of rotatable bonds is 50. The Labute approximate surface area is 431 Å². The molecule has 0 fully saturated rings. The van der Waals surface area contributed by atoms with Gasteiger partial charge in [0.15, 0.2) is 6.10 Å². The zero-order valence-electron chi connectivity index (χ0n) is 45.2. The average molecular weight is 970 g/mol. The van der Waals surface area contributed by atoms with Gasteiger partial charge in [0.2, 0.25) is 0 Å². The van der Waals surface area contributed by atoms with Crippen molar-refractivity contribution in [1.29, 1.82) is 0 Å². The quantitative estimate of drug-likeness (QED) is 0.0262. The maximum absolute atomic E-state index is 12.8. The van der Waals surface area contributed by atoms with Gasteiger partial charge in [-0.2, -0.15) is 0 Å². The van der Waals surface area contributed by atoms with E-state index in [1.54, 1.807) is 0 Å². The van der Waals surface area contributed by atoms with Crippen molar-refractivity contribution in [1.82, 2.24) is 0 Å². The van der Waals surface area contributed by atoms with E-state index >= 15 is 0 Å². The molecule has 0 heterocycles. The Kier molecular flexibility index (Phi) is 54.0. The van der Waals surface area contributed by atoms with E-state index in [1.807, 2.05) is 0 Å². The summed E-state index contributed by atoms with van der Waals surface area (Å²) in [7, 11) is 0. The predicted octanol–water partition coefficient (Wildman–Crippen LogP) is 19.3. The molecule has 1 atom stereocenters. The Morgan fingerprint density at radius 1 is 0.300 bits per heavy atom. The topological polar surface area (TPSA) is 78.9 Å². The highest BCUT2D eigenvalue weighted by atomic mass is 16.6. The van der Waals surface area contributed by atoms with Crippen molar-refractivity contribution >= 4 is 17.9 Å². The minimum absolute atomic E-state index is 0.102. The fourth-order valence-corrected chi connectivity index (χ4v) is 7.37. The van der Waals surface area contributed by atoms with Crippen molar-refractivity contribution in [2.24, 2.45) is 0 Å². The van der Waals surface area contributed by atoms with Crippen LogP contribution in [0.1, 0.15) is 245 Å². The van der Waals surface area contributed by atoms with Crippen LogP contribution in [0.2, 0.25) is 0 Å². The predicted molar refractivity (Wildman–Crippen MR) is 302 cm³/mol. The molecule has 0 aliphatic heterocycles. The number of carbonyl (C=O) groups is 3. The molecule has 6 heteroatoms. The smallest absolute Gasteiger partial charge is 0.306 e. The van der Waals surface area contributed by atoms with Gasteiger partial charge in [0.05, 0.1) is 0 Å². The van der Waals surface area contributed by atoms with Crippen molar-refractivity contribution in [3.63, 3.8) is 0 Å². The largest absolute Gasteiger partial charge is 0.462 e. The lowest BCUT2D eigenvalue weighted by atomic mass is 10.1. The van der Waals surface area contributed by atoms with Gasteiger partial charge in [-0.05, 0) is 128 Å². The average Bonchev–Trinajstić information content (AvgIpc) is 3.36. The van der Waals surface area contributed by atoms with Gasteiger partial charge in [-0.25, -0.2) is 0 Å². The number of hydrogen-bond acceptors (Lipinski definition) is 6. The summed E-state index contributed by atoms with van der Waals surface area (Å²) in [6.07, 6.45) is 78.9. The van der Waals surface area contributed by atoms with Crippen LogP contribution in [0.3, 0.4) is 0 Å². The molecule has 70 heavy (non-hydrogen) atoms. The second-order valence-corrected chi connectivity index (χ2v) is 18.5. The number of ether oxygens (including phenoxy) is 3. The standard InChI is InChI=1S/C64H104O6/c1-4-7-10-13-16-19-22-25-28-29-30-31-32-33-34-35-37-39-42-45-48-51-54-57-63(66)69-60-61(59-68-62(65)56-53-50-47-44-41-38-27-24-21-18-15-12-9-6-3)70-64(67)58-55-52-49-46-43-40-36-26-23-20-17-14-11-8-5-2/h7,10,15-20,24-28,30-31,33-34,36-37,39,61H,4-6,8-9,11-14,21-23,29,32,35,38,40-60H2,1-3H3/b10-7-,18-15-,19-16-,20-17-,27-24-,28-25-,31-30-,34-33-,36-26-,39-37-. The van der Waals surface area contributed by atoms with E-state index in [1.165, 1.54) is 44.9 Å². The van der Waals surface area contributed by atoms with Crippen LogP contribution in [0.25, 0.3) is 0 Å². The first-order valence-electron chi connectivity index (χ1n) is 28.5. The molecule has 0 aliphatic rings.